The molecule has 1 aromatic carbocycles. The molecule has 1 aromatic rings. The van der Waals surface area contributed by atoms with Crippen molar-refractivity contribution in [2.45, 2.75) is 31.4 Å². The molecule has 0 bridgehead atoms. The molecule has 4 heteroatoms. The Bertz CT molecular complexity index is 428. The highest BCUT2D eigenvalue weighted by Crippen LogP contribution is 2.27. The summed E-state index contributed by atoms with van der Waals surface area (Å²) in [5.41, 5.74) is 6.44. The molecule has 1 fully saturated rings. The van der Waals surface area contributed by atoms with Crippen molar-refractivity contribution in [3.63, 3.8) is 0 Å². The van der Waals surface area contributed by atoms with Gasteiger partial charge in [0.05, 0.1) is 5.56 Å². The van der Waals surface area contributed by atoms with Gasteiger partial charge in [-0.15, -0.1) is 0 Å². The number of nitrogens with zero attached hydrogens (tertiary/aromatic N) is 1. The van der Waals surface area contributed by atoms with Gasteiger partial charge in [0.25, 0.3) is 0 Å². The quantitative estimate of drug-likeness (QED) is 0.906. The second-order valence-electron chi connectivity index (χ2n) is 4.07. The van der Waals surface area contributed by atoms with E-state index in [9.17, 15) is 0 Å². The molecule has 2 atom stereocenters. The van der Waals surface area contributed by atoms with Crippen molar-refractivity contribution in [1.29, 1.82) is 5.26 Å². The van der Waals surface area contributed by atoms with Crippen molar-refractivity contribution < 1.29 is 4.74 Å². The van der Waals surface area contributed by atoms with Gasteiger partial charge in [0.1, 0.15) is 17.9 Å². The first-order chi connectivity index (χ1) is 7.69. The summed E-state index contributed by atoms with van der Waals surface area (Å²) in [4.78, 5) is 0. The van der Waals surface area contributed by atoms with Crippen LogP contribution in [0.3, 0.4) is 0 Å². The molecule has 0 radical (unpaired) electrons. The lowest BCUT2D eigenvalue weighted by atomic mass is 10.2. The van der Waals surface area contributed by atoms with Gasteiger partial charge in [-0.1, -0.05) is 0 Å². The van der Waals surface area contributed by atoms with E-state index in [0.717, 1.165) is 29.5 Å². The molecule has 0 spiro atoms. The Morgan fingerprint density at radius 3 is 2.81 bits per heavy atom. The minimum Gasteiger partial charge on any atom is -0.490 e. The number of hydrogen-bond donors (Lipinski definition) is 1. The van der Waals surface area contributed by atoms with Gasteiger partial charge in [-0.2, -0.15) is 5.26 Å². The van der Waals surface area contributed by atoms with Crippen molar-refractivity contribution in [2.24, 2.45) is 5.73 Å². The number of nitriles is 1. The third kappa shape index (κ3) is 2.55. The van der Waals surface area contributed by atoms with Gasteiger partial charge < -0.3 is 10.5 Å². The first-order valence-corrected chi connectivity index (χ1v) is 6.10. The summed E-state index contributed by atoms with van der Waals surface area (Å²) < 4.78 is 6.58. The second-order valence-corrected chi connectivity index (χ2v) is 4.92. The van der Waals surface area contributed by atoms with Gasteiger partial charge in [-0.3, -0.25) is 0 Å². The molecule has 2 unspecified atom stereocenters. The third-order valence-electron chi connectivity index (χ3n) is 2.79. The molecular weight excluding hydrogens is 268 g/mol. The smallest absolute Gasteiger partial charge is 0.120 e. The molecule has 2 rings (SSSR count). The zero-order valence-corrected chi connectivity index (χ0v) is 10.4. The molecule has 2 N–H and O–H groups in total. The van der Waals surface area contributed by atoms with Gasteiger partial charge in [-0.25, -0.2) is 0 Å². The first kappa shape index (κ1) is 11.4. The van der Waals surface area contributed by atoms with Crippen LogP contribution in [0.25, 0.3) is 0 Å². The Morgan fingerprint density at radius 1 is 1.44 bits per heavy atom. The van der Waals surface area contributed by atoms with E-state index in [1.807, 2.05) is 12.1 Å². The minimum absolute atomic E-state index is 0.217. The predicted octanol–water partition coefficient (Wildman–Crippen LogP) is 2.58. The highest BCUT2D eigenvalue weighted by molar-refractivity contribution is 9.10. The van der Waals surface area contributed by atoms with Crippen LogP contribution in [-0.2, 0) is 0 Å². The fraction of sp³-hybridized carbons (Fsp3) is 0.417. The van der Waals surface area contributed by atoms with E-state index in [1.54, 1.807) is 6.07 Å². The molecule has 1 saturated carbocycles. The maximum atomic E-state index is 8.79. The maximum Gasteiger partial charge on any atom is 0.120 e. The summed E-state index contributed by atoms with van der Waals surface area (Å²) in [7, 11) is 0. The van der Waals surface area contributed by atoms with Crippen LogP contribution in [0.5, 0.6) is 5.75 Å². The first-order valence-electron chi connectivity index (χ1n) is 5.31. The molecule has 84 valence electrons. The Hall–Kier alpha value is -1.05. The molecule has 0 heterocycles. The minimum atomic E-state index is 0.217. The summed E-state index contributed by atoms with van der Waals surface area (Å²) in [5, 5.41) is 8.79. The summed E-state index contributed by atoms with van der Waals surface area (Å²) in [6.07, 6.45) is 3.17. The Morgan fingerprint density at radius 2 is 2.25 bits per heavy atom. The van der Waals surface area contributed by atoms with Crippen molar-refractivity contribution in [3.05, 3.63) is 28.2 Å². The van der Waals surface area contributed by atoms with Crippen LogP contribution in [0.1, 0.15) is 24.8 Å². The summed E-state index contributed by atoms with van der Waals surface area (Å²) in [6.45, 7) is 0. The average molecular weight is 281 g/mol. The standard InChI is InChI=1S/C12H13BrN2O/c13-12-6-11(3-1-8(12)7-14)16-10-4-2-9(15)5-10/h1,3,6,9-10H,2,4-5,15H2. The summed E-state index contributed by atoms with van der Waals surface area (Å²) >= 11 is 3.34. The lowest BCUT2D eigenvalue weighted by molar-refractivity contribution is 0.208. The number of hydrogen-bond acceptors (Lipinski definition) is 3. The van der Waals surface area contributed by atoms with Gasteiger partial charge >= 0.3 is 0 Å². The summed E-state index contributed by atoms with van der Waals surface area (Å²) in [6, 6.07) is 7.79. The number of rotatable bonds is 2. The van der Waals surface area contributed by atoms with Crippen LogP contribution in [-0.4, -0.2) is 12.1 Å². The lowest BCUT2D eigenvalue weighted by Crippen LogP contribution is -2.19. The van der Waals surface area contributed by atoms with E-state index in [2.05, 4.69) is 22.0 Å². The Labute approximate surface area is 103 Å². The predicted molar refractivity (Wildman–Crippen MR) is 65.1 cm³/mol. The third-order valence-corrected chi connectivity index (χ3v) is 3.44. The van der Waals surface area contributed by atoms with E-state index in [0.29, 0.717) is 5.56 Å². The molecule has 0 aliphatic heterocycles. The molecule has 16 heavy (non-hydrogen) atoms. The van der Waals surface area contributed by atoms with Crippen LogP contribution in [0.2, 0.25) is 0 Å². The van der Waals surface area contributed by atoms with Crippen LogP contribution in [0, 0.1) is 11.3 Å². The van der Waals surface area contributed by atoms with Crippen LogP contribution >= 0.6 is 15.9 Å². The SMILES string of the molecule is N#Cc1ccc(OC2CCC(N)C2)cc1Br. The highest BCUT2D eigenvalue weighted by atomic mass is 79.9. The van der Waals surface area contributed by atoms with Crippen LogP contribution in [0.4, 0.5) is 0 Å². The molecular formula is C12H13BrN2O. The number of nitrogens with two attached hydrogens (primary N) is 1. The molecule has 0 aromatic heterocycles. The Balaban J connectivity index is 2.05. The lowest BCUT2D eigenvalue weighted by Gasteiger charge is -2.13. The number of halogens is 1. The average Bonchev–Trinajstić information content (AvgIpc) is 2.64. The molecule has 1 aliphatic carbocycles. The topological polar surface area (TPSA) is 59.0 Å². The van der Waals surface area contributed by atoms with Gasteiger partial charge in [0, 0.05) is 10.5 Å². The normalized spacial score (nSPS) is 24.1. The number of ether oxygens (including phenoxy) is 1. The molecule has 3 nitrogen and oxygen atoms in total. The zero-order chi connectivity index (χ0) is 11.5. The molecule has 0 saturated heterocycles. The van der Waals surface area contributed by atoms with Crippen molar-refractivity contribution in [1.82, 2.24) is 0 Å². The number of benzene rings is 1. The van der Waals surface area contributed by atoms with E-state index >= 15 is 0 Å². The maximum absolute atomic E-state index is 8.79. The van der Waals surface area contributed by atoms with Gasteiger partial charge in [0.2, 0.25) is 0 Å². The zero-order valence-electron chi connectivity index (χ0n) is 8.82. The van der Waals surface area contributed by atoms with Crippen LogP contribution < -0.4 is 10.5 Å². The molecule has 1 aliphatic rings. The monoisotopic (exact) mass is 280 g/mol. The largest absolute Gasteiger partial charge is 0.490 e. The summed E-state index contributed by atoms with van der Waals surface area (Å²) in [5.74, 6) is 0.796. The van der Waals surface area contributed by atoms with Gasteiger partial charge in [-0.05, 0) is 53.4 Å². The van der Waals surface area contributed by atoms with E-state index in [4.69, 9.17) is 15.7 Å². The molecule has 0 amide bonds. The van der Waals surface area contributed by atoms with E-state index in [-0.39, 0.29) is 12.1 Å². The van der Waals surface area contributed by atoms with Gasteiger partial charge in [0.15, 0.2) is 0 Å². The highest BCUT2D eigenvalue weighted by Gasteiger charge is 2.23. The second kappa shape index (κ2) is 4.86. The fourth-order valence-corrected chi connectivity index (χ4v) is 2.38. The van der Waals surface area contributed by atoms with E-state index in [1.165, 1.54) is 0 Å². The fourth-order valence-electron chi connectivity index (χ4n) is 1.93. The van der Waals surface area contributed by atoms with E-state index < -0.39 is 0 Å². The van der Waals surface area contributed by atoms with Crippen molar-refractivity contribution in [3.8, 4) is 11.8 Å². The van der Waals surface area contributed by atoms with Crippen molar-refractivity contribution >= 4 is 15.9 Å². The Kier molecular flexibility index (Phi) is 3.47. The van der Waals surface area contributed by atoms with Crippen LogP contribution in [0.15, 0.2) is 22.7 Å². The van der Waals surface area contributed by atoms with Crippen molar-refractivity contribution in [2.75, 3.05) is 0 Å².